The van der Waals surface area contributed by atoms with Gasteiger partial charge >= 0.3 is 0 Å². The van der Waals surface area contributed by atoms with Crippen molar-refractivity contribution in [1.29, 1.82) is 0 Å². The molecule has 2 N–H and O–H groups in total. The standard InChI is InChI=1S/C21H42N4O2/c1-5-26-14-11-21(9-6-7-10-21)17-24-20(22-4)23-12-8-13-25-15-18(2)27-19(3)16-25/h18-19H,5-17H2,1-4H3,(H2,22,23,24). The van der Waals surface area contributed by atoms with Gasteiger partial charge in [0.15, 0.2) is 5.96 Å². The minimum absolute atomic E-state index is 0.343. The summed E-state index contributed by atoms with van der Waals surface area (Å²) in [7, 11) is 1.86. The van der Waals surface area contributed by atoms with Gasteiger partial charge in [-0.2, -0.15) is 0 Å². The number of rotatable bonds is 10. The van der Waals surface area contributed by atoms with Gasteiger partial charge in [-0.25, -0.2) is 0 Å². The van der Waals surface area contributed by atoms with Crippen LogP contribution in [0.25, 0.3) is 0 Å². The van der Waals surface area contributed by atoms with Crippen molar-refractivity contribution in [2.45, 2.75) is 71.5 Å². The SMILES string of the molecule is CCOCCC1(CNC(=NC)NCCCN2CC(C)OC(C)C2)CCCC1. The van der Waals surface area contributed by atoms with Gasteiger partial charge < -0.3 is 20.1 Å². The van der Waals surface area contributed by atoms with Crippen molar-refractivity contribution in [2.75, 3.05) is 53.0 Å². The lowest BCUT2D eigenvalue weighted by Crippen LogP contribution is -2.47. The zero-order valence-corrected chi connectivity index (χ0v) is 18.1. The highest BCUT2D eigenvalue weighted by atomic mass is 16.5. The molecule has 0 bridgehead atoms. The van der Waals surface area contributed by atoms with Crippen molar-refractivity contribution >= 4 is 5.96 Å². The summed E-state index contributed by atoms with van der Waals surface area (Å²) in [5.74, 6) is 0.932. The predicted octanol–water partition coefficient (Wildman–Crippen LogP) is 2.64. The van der Waals surface area contributed by atoms with Crippen molar-refractivity contribution < 1.29 is 9.47 Å². The average molecular weight is 383 g/mol. The molecule has 0 aromatic heterocycles. The number of ether oxygens (including phenoxy) is 2. The van der Waals surface area contributed by atoms with E-state index in [1.807, 2.05) is 7.05 Å². The van der Waals surface area contributed by atoms with Gasteiger partial charge in [0.1, 0.15) is 0 Å². The number of hydrogen-bond acceptors (Lipinski definition) is 4. The maximum atomic E-state index is 5.81. The Balaban J connectivity index is 1.66. The first kappa shape index (κ1) is 22.4. The summed E-state index contributed by atoms with van der Waals surface area (Å²) >= 11 is 0. The Morgan fingerprint density at radius 3 is 2.52 bits per heavy atom. The normalized spacial score (nSPS) is 26.3. The second-order valence-electron chi connectivity index (χ2n) is 8.38. The first-order chi connectivity index (χ1) is 13.1. The molecule has 2 unspecified atom stereocenters. The fraction of sp³-hybridized carbons (Fsp3) is 0.952. The first-order valence-electron chi connectivity index (χ1n) is 11.0. The molecule has 158 valence electrons. The Bertz CT molecular complexity index is 428. The maximum Gasteiger partial charge on any atom is 0.190 e. The topological polar surface area (TPSA) is 58.1 Å². The van der Waals surface area contributed by atoms with E-state index in [0.29, 0.717) is 17.6 Å². The molecule has 2 atom stereocenters. The zero-order valence-electron chi connectivity index (χ0n) is 18.1. The Labute approximate surface area is 166 Å². The third kappa shape index (κ3) is 7.96. The Hall–Kier alpha value is -0.850. The molecule has 2 aliphatic rings. The number of nitrogens with zero attached hydrogens (tertiary/aromatic N) is 2. The van der Waals surface area contributed by atoms with E-state index in [4.69, 9.17) is 9.47 Å². The highest BCUT2D eigenvalue weighted by molar-refractivity contribution is 5.79. The van der Waals surface area contributed by atoms with Gasteiger partial charge in [-0.1, -0.05) is 12.8 Å². The molecule has 1 saturated carbocycles. The number of nitrogens with one attached hydrogen (secondary N) is 2. The van der Waals surface area contributed by atoms with Gasteiger partial charge in [-0.15, -0.1) is 0 Å². The van der Waals surface area contributed by atoms with E-state index in [2.05, 4.69) is 41.3 Å². The molecule has 0 aromatic carbocycles. The van der Waals surface area contributed by atoms with Crippen molar-refractivity contribution in [3.8, 4) is 0 Å². The molecule has 0 amide bonds. The smallest absolute Gasteiger partial charge is 0.190 e. The fourth-order valence-electron chi connectivity index (χ4n) is 4.54. The largest absolute Gasteiger partial charge is 0.382 e. The van der Waals surface area contributed by atoms with Gasteiger partial charge in [0, 0.05) is 53.0 Å². The van der Waals surface area contributed by atoms with Crippen molar-refractivity contribution in [1.82, 2.24) is 15.5 Å². The van der Waals surface area contributed by atoms with E-state index < -0.39 is 0 Å². The quantitative estimate of drug-likeness (QED) is 0.346. The summed E-state index contributed by atoms with van der Waals surface area (Å²) in [4.78, 5) is 6.93. The number of hydrogen-bond donors (Lipinski definition) is 2. The lowest BCUT2D eigenvalue weighted by molar-refractivity contribution is -0.0679. The number of morpholine rings is 1. The lowest BCUT2D eigenvalue weighted by Gasteiger charge is -2.35. The molecule has 2 rings (SSSR count). The van der Waals surface area contributed by atoms with Crippen LogP contribution in [0.1, 0.15) is 59.3 Å². The zero-order chi connectivity index (χ0) is 19.5. The van der Waals surface area contributed by atoms with Crippen LogP contribution in [0.5, 0.6) is 0 Å². The molecule has 6 heteroatoms. The summed E-state index contributed by atoms with van der Waals surface area (Å²) in [6, 6.07) is 0. The third-order valence-corrected chi connectivity index (χ3v) is 5.94. The summed E-state index contributed by atoms with van der Waals surface area (Å²) in [5.41, 5.74) is 0.382. The van der Waals surface area contributed by atoms with Crippen LogP contribution in [-0.4, -0.2) is 76.1 Å². The Morgan fingerprint density at radius 2 is 1.89 bits per heavy atom. The van der Waals surface area contributed by atoms with Crippen LogP contribution in [0, 0.1) is 5.41 Å². The third-order valence-electron chi connectivity index (χ3n) is 5.94. The van der Waals surface area contributed by atoms with E-state index in [9.17, 15) is 0 Å². The first-order valence-corrected chi connectivity index (χ1v) is 11.0. The monoisotopic (exact) mass is 382 g/mol. The Kier molecular flexibility index (Phi) is 9.87. The molecule has 1 saturated heterocycles. The summed E-state index contributed by atoms with van der Waals surface area (Å²) < 4.78 is 11.4. The van der Waals surface area contributed by atoms with Crippen LogP contribution < -0.4 is 10.6 Å². The van der Waals surface area contributed by atoms with Crippen LogP contribution in [0.4, 0.5) is 0 Å². The highest BCUT2D eigenvalue weighted by Crippen LogP contribution is 2.40. The molecule has 27 heavy (non-hydrogen) atoms. The lowest BCUT2D eigenvalue weighted by atomic mass is 9.83. The second-order valence-corrected chi connectivity index (χ2v) is 8.38. The van der Waals surface area contributed by atoms with Crippen molar-refractivity contribution in [2.24, 2.45) is 10.4 Å². The molecule has 0 spiro atoms. The molecule has 2 fully saturated rings. The van der Waals surface area contributed by atoms with E-state index in [1.165, 1.54) is 25.7 Å². The molecule has 0 aromatic rings. The van der Waals surface area contributed by atoms with Gasteiger partial charge in [-0.05, 0) is 51.9 Å². The second kappa shape index (κ2) is 11.9. The summed E-state index contributed by atoms with van der Waals surface area (Å²) in [6.07, 6.45) is 8.25. The molecular weight excluding hydrogens is 340 g/mol. The summed E-state index contributed by atoms with van der Waals surface area (Å²) in [5, 5.41) is 7.07. The molecule has 6 nitrogen and oxygen atoms in total. The van der Waals surface area contributed by atoms with Crippen LogP contribution in [0.2, 0.25) is 0 Å². The van der Waals surface area contributed by atoms with Gasteiger partial charge in [0.25, 0.3) is 0 Å². The van der Waals surface area contributed by atoms with Crippen LogP contribution in [0.3, 0.4) is 0 Å². The highest BCUT2D eigenvalue weighted by Gasteiger charge is 2.33. The van der Waals surface area contributed by atoms with Gasteiger partial charge in [-0.3, -0.25) is 9.89 Å². The van der Waals surface area contributed by atoms with Crippen molar-refractivity contribution in [3.05, 3.63) is 0 Å². The minimum Gasteiger partial charge on any atom is -0.382 e. The molecule has 1 aliphatic carbocycles. The molecule has 1 aliphatic heterocycles. The molecular formula is C21H42N4O2. The average Bonchev–Trinajstić information content (AvgIpc) is 3.10. The number of aliphatic imine (C=N–C) groups is 1. The minimum atomic E-state index is 0.343. The van der Waals surface area contributed by atoms with Crippen LogP contribution in [-0.2, 0) is 9.47 Å². The van der Waals surface area contributed by atoms with E-state index in [1.54, 1.807) is 0 Å². The van der Waals surface area contributed by atoms with E-state index in [-0.39, 0.29) is 0 Å². The molecule has 0 radical (unpaired) electrons. The number of guanidine groups is 1. The van der Waals surface area contributed by atoms with Gasteiger partial charge in [0.05, 0.1) is 12.2 Å². The van der Waals surface area contributed by atoms with E-state index >= 15 is 0 Å². The Morgan fingerprint density at radius 1 is 1.19 bits per heavy atom. The van der Waals surface area contributed by atoms with Crippen LogP contribution >= 0.6 is 0 Å². The van der Waals surface area contributed by atoms with Gasteiger partial charge in [0.2, 0.25) is 0 Å². The molecule has 1 heterocycles. The van der Waals surface area contributed by atoms with Crippen LogP contribution in [0.15, 0.2) is 4.99 Å². The fourth-order valence-corrected chi connectivity index (χ4v) is 4.54. The maximum absolute atomic E-state index is 5.81. The summed E-state index contributed by atoms with van der Waals surface area (Å²) in [6.45, 7) is 13.2. The predicted molar refractivity (Wildman–Crippen MR) is 112 cm³/mol. The van der Waals surface area contributed by atoms with E-state index in [0.717, 1.165) is 64.7 Å². The van der Waals surface area contributed by atoms with Crippen molar-refractivity contribution in [3.63, 3.8) is 0 Å².